The van der Waals surface area contributed by atoms with Gasteiger partial charge in [-0.3, -0.25) is 0 Å². The molecule has 162 valence electrons. The molecule has 1 heterocycles. The first kappa shape index (κ1) is 21.4. The first-order valence-corrected chi connectivity index (χ1v) is 11.9. The van der Waals surface area contributed by atoms with Crippen molar-refractivity contribution in [3.05, 3.63) is 90.5 Å². The number of aliphatic hydroxyl groups is 1. The van der Waals surface area contributed by atoms with Crippen molar-refractivity contribution in [2.75, 3.05) is 23.3 Å². The molecule has 0 spiro atoms. The Labute approximate surface area is 183 Å². The lowest BCUT2D eigenvalue weighted by atomic mass is 9.83. The Balaban J connectivity index is 1.63. The van der Waals surface area contributed by atoms with Gasteiger partial charge in [0.1, 0.15) is 0 Å². The lowest BCUT2D eigenvalue weighted by Gasteiger charge is -2.42. The van der Waals surface area contributed by atoms with E-state index in [0.29, 0.717) is 13.0 Å². The van der Waals surface area contributed by atoms with E-state index >= 15 is 0 Å². The molecule has 31 heavy (non-hydrogen) atoms. The fraction of sp³-hybridized carbons (Fsp3) is 0.250. The van der Waals surface area contributed by atoms with Crippen LogP contribution in [0.2, 0.25) is 0 Å². The SMILES string of the molecule is NS(=O)(=O)c1ccc(N[C@H](c2ccccc2)[C@@H]2CN(c3ccccc3)CC[C@H]2O)cc1. The maximum Gasteiger partial charge on any atom is 0.238 e. The van der Waals surface area contributed by atoms with Gasteiger partial charge < -0.3 is 15.3 Å². The van der Waals surface area contributed by atoms with E-state index in [9.17, 15) is 13.5 Å². The van der Waals surface area contributed by atoms with Crippen molar-refractivity contribution in [3.63, 3.8) is 0 Å². The number of hydrogen-bond donors (Lipinski definition) is 3. The zero-order valence-corrected chi connectivity index (χ0v) is 17.9. The standard InChI is InChI=1S/C24H27N3O3S/c25-31(29,30)21-13-11-19(12-14-21)26-24(18-7-3-1-4-8-18)22-17-27(16-15-23(22)28)20-9-5-2-6-10-20/h1-14,22-24,26,28H,15-17H2,(H2,25,29,30)/t22-,23-,24-/m1/s1. The number of nitrogens with two attached hydrogens (primary N) is 1. The number of piperidine rings is 1. The molecule has 3 aromatic carbocycles. The molecule has 0 unspecified atom stereocenters. The first-order valence-electron chi connectivity index (χ1n) is 10.3. The van der Waals surface area contributed by atoms with E-state index in [1.54, 1.807) is 12.1 Å². The van der Waals surface area contributed by atoms with E-state index in [-0.39, 0.29) is 16.9 Å². The van der Waals surface area contributed by atoms with Crippen molar-refractivity contribution in [3.8, 4) is 0 Å². The number of hydrogen-bond acceptors (Lipinski definition) is 5. The molecule has 3 aromatic rings. The second kappa shape index (κ2) is 9.09. The molecule has 3 atom stereocenters. The summed E-state index contributed by atoms with van der Waals surface area (Å²) >= 11 is 0. The van der Waals surface area contributed by atoms with Crippen LogP contribution in [0, 0.1) is 5.92 Å². The van der Waals surface area contributed by atoms with Crippen LogP contribution < -0.4 is 15.4 Å². The second-order valence-electron chi connectivity index (χ2n) is 7.90. The van der Waals surface area contributed by atoms with Crippen LogP contribution in [0.4, 0.5) is 11.4 Å². The molecule has 1 saturated heterocycles. The number of nitrogens with one attached hydrogen (secondary N) is 1. The number of nitrogens with zero attached hydrogens (tertiary/aromatic N) is 1. The molecule has 1 fully saturated rings. The summed E-state index contributed by atoms with van der Waals surface area (Å²) in [4.78, 5) is 2.38. The Morgan fingerprint density at radius 3 is 2.16 bits per heavy atom. The normalized spacial score (nSPS) is 20.3. The third kappa shape index (κ3) is 5.07. The number of aliphatic hydroxyl groups excluding tert-OH is 1. The summed E-state index contributed by atoms with van der Waals surface area (Å²) < 4.78 is 23.1. The molecular weight excluding hydrogens is 410 g/mol. The third-order valence-electron chi connectivity index (χ3n) is 5.83. The number of primary sulfonamides is 1. The van der Waals surface area contributed by atoms with E-state index in [4.69, 9.17) is 5.14 Å². The fourth-order valence-corrected chi connectivity index (χ4v) is 4.70. The van der Waals surface area contributed by atoms with Crippen LogP contribution >= 0.6 is 0 Å². The van der Waals surface area contributed by atoms with E-state index in [1.165, 1.54) is 12.1 Å². The Hall–Kier alpha value is -2.87. The lowest BCUT2D eigenvalue weighted by Crippen LogP contribution is -2.47. The molecule has 4 N–H and O–H groups in total. The molecule has 0 saturated carbocycles. The lowest BCUT2D eigenvalue weighted by molar-refractivity contribution is 0.0775. The fourth-order valence-electron chi connectivity index (χ4n) is 4.19. The van der Waals surface area contributed by atoms with Crippen molar-refractivity contribution in [2.45, 2.75) is 23.5 Å². The Morgan fingerprint density at radius 2 is 1.55 bits per heavy atom. The van der Waals surface area contributed by atoms with E-state index in [2.05, 4.69) is 22.3 Å². The molecule has 7 heteroatoms. The van der Waals surface area contributed by atoms with Crippen molar-refractivity contribution >= 4 is 21.4 Å². The molecule has 0 amide bonds. The van der Waals surface area contributed by atoms with Crippen LogP contribution in [0.5, 0.6) is 0 Å². The molecular formula is C24H27N3O3S. The van der Waals surface area contributed by atoms with Gasteiger partial charge in [-0.1, -0.05) is 48.5 Å². The van der Waals surface area contributed by atoms with Crippen molar-refractivity contribution < 1.29 is 13.5 Å². The number of benzene rings is 3. The average Bonchev–Trinajstić information content (AvgIpc) is 2.79. The largest absolute Gasteiger partial charge is 0.393 e. The number of sulfonamides is 1. The van der Waals surface area contributed by atoms with Crippen LogP contribution in [0.1, 0.15) is 18.0 Å². The van der Waals surface area contributed by atoms with Gasteiger partial charge in [0.05, 0.1) is 17.0 Å². The summed E-state index contributed by atoms with van der Waals surface area (Å²) in [6.45, 7) is 1.50. The molecule has 0 aliphatic carbocycles. The monoisotopic (exact) mass is 437 g/mol. The van der Waals surface area contributed by atoms with Gasteiger partial charge in [0.25, 0.3) is 0 Å². The summed E-state index contributed by atoms with van der Waals surface area (Å²) in [5, 5.41) is 19.7. The third-order valence-corrected chi connectivity index (χ3v) is 6.76. The molecule has 0 aromatic heterocycles. The summed E-state index contributed by atoms with van der Waals surface area (Å²) in [5.41, 5.74) is 2.98. The summed E-state index contributed by atoms with van der Waals surface area (Å²) in [6, 6.07) is 26.5. The summed E-state index contributed by atoms with van der Waals surface area (Å²) in [5.74, 6) is -0.0609. The van der Waals surface area contributed by atoms with Crippen molar-refractivity contribution in [2.24, 2.45) is 11.1 Å². The number of rotatable bonds is 6. The Kier molecular flexibility index (Phi) is 6.27. The quantitative estimate of drug-likeness (QED) is 0.550. The Morgan fingerprint density at radius 1 is 0.935 bits per heavy atom. The molecule has 0 radical (unpaired) electrons. The highest BCUT2D eigenvalue weighted by Crippen LogP contribution is 2.35. The van der Waals surface area contributed by atoms with Gasteiger partial charge in [0.2, 0.25) is 10.0 Å². The predicted molar refractivity (Wildman–Crippen MR) is 123 cm³/mol. The van der Waals surface area contributed by atoms with Gasteiger partial charge in [-0.05, 0) is 48.4 Å². The summed E-state index contributed by atoms with van der Waals surface area (Å²) in [6.07, 6.45) is 0.218. The van der Waals surface area contributed by atoms with Crippen LogP contribution in [-0.4, -0.2) is 32.7 Å². The molecule has 6 nitrogen and oxygen atoms in total. The number of para-hydroxylation sites is 1. The molecule has 1 aliphatic rings. The van der Waals surface area contributed by atoms with Crippen LogP contribution in [-0.2, 0) is 10.0 Å². The van der Waals surface area contributed by atoms with Gasteiger partial charge in [-0.15, -0.1) is 0 Å². The first-order chi connectivity index (χ1) is 14.9. The molecule has 0 bridgehead atoms. The maximum absolute atomic E-state index is 11.6. The van der Waals surface area contributed by atoms with Gasteiger partial charge >= 0.3 is 0 Å². The maximum atomic E-state index is 11.6. The molecule has 4 rings (SSSR count). The van der Waals surface area contributed by atoms with Crippen LogP contribution in [0.25, 0.3) is 0 Å². The van der Waals surface area contributed by atoms with Crippen LogP contribution in [0.3, 0.4) is 0 Å². The minimum absolute atomic E-state index is 0.0609. The van der Waals surface area contributed by atoms with Crippen molar-refractivity contribution in [1.82, 2.24) is 0 Å². The number of anilines is 2. The Bertz CT molecular complexity index is 1090. The zero-order chi connectivity index (χ0) is 21.8. The second-order valence-corrected chi connectivity index (χ2v) is 9.46. The predicted octanol–water partition coefficient (Wildman–Crippen LogP) is 3.37. The highest BCUT2D eigenvalue weighted by atomic mass is 32.2. The van der Waals surface area contributed by atoms with E-state index in [1.807, 2.05) is 48.5 Å². The van der Waals surface area contributed by atoms with Gasteiger partial charge in [-0.25, -0.2) is 13.6 Å². The molecule has 1 aliphatic heterocycles. The minimum atomic E-state index is -3.74. The highest BCUT2D eigenvalue weighted by Gasteiger charge is 2.35. The average molecular weight is 438 g/mol. The van der Waals surface area contributed by atoms with Gasteiger partial charge in [-0.2, -0.15) is 0 Å². The van der Waals surface area contributed by atoms with Gasteiger partial charge in [0.15, 0.2) is 0 Å². The summed E-state index contributed by atoms with van der Waals surface area (Å²) in [7, 11) is -3.74. The minimum Gasteiger partial charge on any atom is -0.393 e. The van der Waals surface area contributed by atoms with Gasteiger partial charge in [0, 0.05) is 30.4 Å². The van der Waals surface area contributed by atoms with Crippen molar-refractivity contribution in [1.29, 1.82) is 0 Å². The van der Waals surface area contributed by atoms with E-state index in [0.717, 1.165) is 23.5 Å². The van der Waals surface area contributed by atoms with Crippen LogP contribution in [0.15, 0.2) is 89.8 Å². The van der Waals surface area contributed by atoms with E-state index < -0.39 is 16.1 Å². The topological polar surface area (TPSA) is 95.7 Å². The smallest absolute Gasteiger partial charge is 0.238 e. The zero-order valence-electron chi connectivity index (χ0n) is 17.1. The highest BCUT2D eigenvalue weighted by molar-refractivity contribution is 7.89.